The fourth-order valence-electron chi connectivity index (χ4n) is 1.92. The van der Waals surface area contributed by atoms with Gasteiger partial charge >= 0.3 is 0 Å². The molecule has 0 aliphatic carbocycles. The molecule has 0 saturated heterocycles. The van der Waals surface area contributed by atoms with Crippen molar-refractivity contribution in [2.75, 3.05) is 0 Å². The molecule has 0 spiro atoms. The zero-order valence-corrected chi connectivity index (χ0v) is 13.2. The molecule has 3 aromatic heterocycles. The second-order valence-corrected chi connectivity index (χ2v) is 5.81. The van der Waals surface area contributed by atoms with E-state index in [0.29, 0.717) is 11.4 Å². The first-order valence-corrected chi connectivity index (χ1v) is 7.75. The fourth-order valence-corrected chi connectivity index (χ4v) is 2.57. The van der Waals surface area contributed by atoms with Crippen LogP contribution >= 0.6 is 11.3 Å². The average molecular weight is 330 g/mol. The Morgan fingerprint density at radius 2 is 2.30 bits per heavy atom. The van der Waals surface area contributed by atoms with Gasteiger partial charge in [0, 0.05) is 11.8 Å². The standard InChI is InChI=1S/C14H14N6O2S/c1-10-5-13(22)19(9-16-10)8-12(21)15-6-11-7-20(18-17-11)14-3-2-4-23-14/h2-5,7,9H,6,8H2,1H3,(H,15,21). The maximum atomic E-state index is 11.9. The lowest BCUT2D eigenvalue weighted by Gasteiger charge is -2.05. The second-order valence-electron chi connectivity index (χ2n) is 4.88. The van der Waals surface area contributed by atoms with Gasteiger partial charge in [-0.2, -0.15) is 0 Å². The van der Waals surface area contributed by atoms with Crippen LogP contribution in [0.4, 0.5) is 0 Å². The molecule has 0 saturated carbocycles. The maximum Gasteiger partial charge on any atom is 0.253 e. The van der Waals surface area contributed by atoms with Crippen LogP contribution in [0, 0.1) is 6.92 Å². The number of amides is 1. The summed E-state index contributed by atoms with van der Waals surface area (Å²) >= 11 is 1.55. The molecule has 3 aromatic rings. The van der Waals surface area contributed by atoms with Crippen molar-refractivity contribution in [1.82, 2.24) is 29.9 Å². The molecule has 0 fully saturated rings. The highest BCUT2D eigenvalue weighted by atomic mass is 32.1. The number of carbonyl (C=O) groups is 1. The van der Waals surface area contributed by atoms with Gasteiger partial charge in [-0.15, -0.1) is 16.4 Å². The van der Waals surface area contributed by atoms with E-state index < -0.39 is 0 Å². The third-order valence-electron chi connectivity index (χ3n) is 3.07. The molecule has 0 unspecified atom stereocenters. The number of hydrogen-bond acceptors (Lipinski definition) is 6. The summed E-state index contributed by atoms with van der Waals surface area (Å²) in [7, 11) is 0. The minimum absolute atomic E-state index is 0.0782. The number of nitrogens with zero attached hydrogens (tertiary/aromatic N) is 5. The van der Waals surface area contributed by atoms with Crippen LogP contribution < -0.4 is 10.9 Å². The molecule has 0 aliphatic heterocycles. The number of hydrogen-bond donors (Lipinski definition) is 1. The Kier molecular flexibility index (Phi) is 4.29. The van der Waals surface area contributed by atoms with Gasteiger partial charge in [-0.1, -0.05) is 5.21 Å². The van der Waals surface area contributed by atoms with E-state index in [1.165, 1.54) is 17.0 Å². The molecule has 1 amide bonds. The topological polar surface area (TPSA) is 94.7 Å². The first-order valence-electron chi connectivity index (χ1n) is 6.87. The molecule has 23 heavy (non-hydrogen) atoms. The summed E-state index contributed by atoms with van der Waals surface area (Å²) in [5.41, 5.74) is 1.01. The van der Waals surface area contributed by atoms with Crippen molar-refractivity contribution in [3.05, 3.63) is 57.8 Å². The Morgan fingerprint density at radius 3 is 3.04 bits per heavy atom. The van der Waals surface area contributed by atoms with Crippen LogP contribution in [-0.4, -0.2) is 30.5 Å². The van der Waals surface area contributed by atoms with Crippen LogP contribution in [0.1, 0.15) is 11.4 Å². The van der Waals surface area contributed by atoms with Crippen LogP contribution in [0.3, 0.4) is 0 Å². The van der Waals surface area contributed by atoms with Crippen molar-refractivity contribution in [3.8, 4) is 5.00 Å². The zero-order chi connectivity index (χ0) is 16.2. The van der Waals surface area contributed by atoms with E-state index in [4.69, 9.17) is 0 Å². The minimum atomic E-state index is -0.288. The molecule has 0 aliphatic rings. The Balaban J connectivity index is 1.58. The van der Waals surface area contributed by atoms with Crippen molar-refractivity contribution in [3.63, 3.8) is 0 Å². The summed E-state index contributed by atoms with van der Waals surface area (Å²) in [6.07, 6.45) is 3.12. The van der Waals surface area contributed by atoms with E-state index in [1.54, 1.807) is 29.1 Å². The predicted octanol–water partition coefficient (Wildman–Crippen LogP) is 0.510. The molecule has 0 atom stereocenters. The highest BCUT2D eigenvalue weighted by Gasteiger charge is 2.07. The smallest absolute Gasteiger partial charge is 0.253 e. The number of aromatic nitrogens is 5. The van der Waals surface area contributed by atoms with Gasteiger partial charge < -0.3 is 5.32 Å². The van der Waals surface area contributed by atoms with Gasteiger partial charge in [-0.05, 0) is 24.4 Å². The van der Waals surface area contributed by atoms with Crippen LogP contribution in [0.15, 0.2) is 40.9 Å². The van der Waals surface area contributed by atoms with Crippen molar-refractivity contribution in [2.45, 2.75) is 20.0 Å². The van der Waals surface area contributed by atoms with Crippen molar-refractivity contribution in [2.24, 2.45) is 0 Å². The second kappa shape index (κ2) is 6.53. The number of rotatable bonds is 5. The molecule has 1 N–H and O–H groups in total. The summed E-state index contributed by atoms with van der Waals surface area (Å²) in [5.74, 6) is -0.288. The Labute approximate surface area is 135 Å². The van der Waals surface area contributed by atoms with Crippen LogP contribution in [0.2, 0.25) is 0 Å². The van der Waals surface area contributed by atoms with Gasteiger partial charge in [0.25, 0.3) is 5.56 Å². The van der Waals surface area contributed by atoms with Gasteiger partial charge in [0.15, 0.2) is 0 Å². The predicted molar refractivity (Wildman–Crippen MR) is 84.3 cm³/mol. The Morgan fingerprint density at radius 1 is 1.43 bits per heavy atom. The summed E-state index contributed by atoms with van der Waals surface area (Å²) < 4.78 is 2.91. The first kappa shape index (κ1) is 15.1. The van der Waals surface area contributed by atoms with Crippen molar-refractivity contribution in [1.29, 1.82) is 0 Å². The van der Waals surface area contributed by atoms with E-state index >= 15 is 0 Å². The summed E-state index contributed by atoms with van der Waals surface area (Å²) in [6, 6.07) is 5.24. The molecular weight excluding hydrogens is 316 g/mol. The number of thiophene rings is 1. The van der Waals surface area contributed by atoms with E-state index in [9.17, 15) is 9.59 Å². The lowest BCUT2D eigenvalue weighted by Crippen LogP contribution is -2.32. The highest BCUT2D eigenvalue weighted by molar-refractivity contribution is 7.12. The average Bonchev–Trinajstić information content (AvgIpc) is 3.18. The van der Waals surface area contributed by atoms with E-state index in [1.807, 2.05) is 17.5 Å². The quantitative estimate of drug-likeness (QED) is 0.735. The Hall–Kier alpha value is -2.81. The zero-order valence-electron chi connectivity index (χ0n) is 12.3. The van der Waals surface area contributed by atoms with Gasteiger partial charge in [0.05, 0.1) is 19.1 Å². The monoisotopic (exact) mass is 330 g/mol. The minimum Gasteiger partial charge on any atom is -0.349 e. The molecule has 118 valence electrons. The van der Waals surface area contributed by atoms with Crippen LogP contribution in [0.25, 0.3) is 5.00 Å². The molecule has 0 radical (unpaired) electrons. The number of nitrogens with one attached hydrogen (secondary N) is 1. The molecule has 3 heterocycles. The molecule has 0 bridgehead atoms. The Bertz CT molecular complexity index is 868. The summed E-state index contributed by atoms with van der Waals surface area (Å²) in [4.78, 5) is 27.6. The first-order chi connectivity index (χ1) is 11.1. The summed E-state index contributed by atoms with van der Waals surface area (Å²) in [5, 5.41) is 13.6. The molecule has 0 aromatic carbocycles. The van der Waals surface area contributed by atoms with Crippen LogP contribution in [0.5, 0.6) is 0 Å². The fraction of sp³-hybridized carbons (Fsp3) is 0.214. The molecular formula is C14H14N6O2S. The van der Waals surface area contributed by atoms with Gasteiger partial charge in [-0.25, -0.2) is 9.67 Å². The molecule has 9 heteroatoms. The maximum absolute atomic E-state index is 11.9. The normalized spacial score (nSPS) is 10.7. The van der Waals surface area contributed by atoms with Crippen molar-refractivity contribution >= 4 is 17.2 Å². The van der Waals surface area contributed by atoms with Crippen LogP contribution in [-0.2, 0) is 17.9 Å². The van der Waals surface area contributed by atoms with E-state index in [2.05, 4.69) is 20.6 Å². The lowest BCUT2D eigenvalue weighted by atomic mass is 10.4. The number of carbonyl (C=O) groups excluding carboxylic acids is 1. The molecule has 8 nitrogen and oxygen atoms in total. The van der Waals surface area contributed by atoms with Gasteiger partial charge in [-0.3, -0.25) is 14.2 Å². The van der Waals surface area contributed by atoms with E-state index in [0.717, 1.165) is 5.00 Å². The van der Waals surface area contributed by atoms with E-state index in [-0.39, 0.29) is 24.6 Å². The highest BCUT2D eigenvalue weighted by Crippen LogP contribution is 2.13. The third kappa shape index (κ3) is 3.69. The SMILES string of the molecule is Cc1cc(=O)n(CC(=O)NCc2cn(-c3cccs3)nn2)cn1. The lowest BCUT2D eigenvalue weighted by molar-refractivity contribution is -0.121. The summed E-state index contributed by atoms with van der Waals surface area (Å²) in [6.45, 7) is 1.89. The van der Waals surface area contributed by atoms with Gasteiger partial charge in [0.1, 0.15) is 17.2 Å². The molecule has 3 rings (SSSR count). The van der Waals surface area contributed by atoms with Crippen molar-refractivity contribution < 1.29 is 4.79 Å². The largest absolute Gasteiger partial charge is 0.349 e. The third-order valence-corrected chi connectivity index (χ3v) is 3.93. The van der Waals surface area contributed by atoms with Gasteiger partial charge in [0.2, 0.25) is 5.91 Å². The number of aryl methyl sites for hydroxylation is 1.